The van der Waals surface area contributed by atoms with Gasteiger partial charge in [-0.3, -0.25) is 4.79 Å². The number of aromatic nitrogens is 28. The van der Waals surface area contributed by atoms with Crippen LogP contribution in [0.1, 0.15) is 228 Å². The molecule has 0 spiro atoms. The highest BCUT2D eigenvalue weighted by Crippen LogP contribution is 2.48. The lowest BCUT2D eigenvalue weighted by Gasteiger charge is -2.24. The molecule has 7 fully saturated rings. The number of hydrogen-bond donors (Lipinski definition) is 11. The molecule has 28 atom stereocenters. The smallest absolute Gasteiger partial charge is 0.294 e. The second-order valence-electron chi connectivity index (χ2n) is 35.3. The Kier molecular flexibility index (Phi) is 37.4. The lowest BCUT2D eigenvalue weighted by atomic mass is 9.95. The van der Waals surface area contributed by atoms with E-state index in [-0.39, 0.29) is 106 Å². The molecule has 0 saturated carbocycles. The summed E-state index contributed by atoms with van der Waals surface area (Å²) in [6.45, 7) is 25.9. The molecule has 7 aliphatic heterocycles. The van der Waals surface area contributed by atoms with Crippen molar-refractivity contribution in [3.63, 3.8) is 0 Å². The van der Waals surface area contributed by atoms with Gasteiger partial charge in [-0.2, -0.15) is 35.7 Å². The van der Waals surface area contributed by atoms with Crippen molar-refractivity contribution < 1.29 is 99.6 Å². The maximum absolute atomic E-state index is 14.7. The number of thioether (sulfide) groups is 2. The van der Waals surface area contributed by atoms with Gasteiger partial charge in [0.25, 0.3) is 5.56 Å². The van der Waals surface area contributed by atoms with E-state index in [1.54, 1.807) is 80.6 Å². The standard InChI is InChI=1S/C14H19FN4O2S.C14H19FN4OS.2C13H18FN5O.C11H14FN5O3.C11H13FN4O4.C11H13FN4O3.4CH4/c1-5-9-7(2)11(15)14(20,21-9)10-6-16-12-13(22-4)17-8(3)18-19(10)12;1-5-10-7(2)11(15)12(20-10)9-6-16-13-14(21-4)17-8(3)18-19(9)13;2*1-4-9-6(2)10(14)11(20-9)8-5-16-13-12(15)17-7(3)18-19(8)13;1-4-15-10(13)11-14-2-5(17(11)16-4)9-7(12)8(19)6(3-18)20-9;1-4-14-11(19)10-13-2-5(16(10)15-4)9-7(12)8(18)6(3-17)20-9;1-5-11-13-2-6(16(11)15-4-14-5)10-8(12)9(18)7(3-17)19-10;;;;/h6-7,9,11,20H,5H2,1-4H3;6-7,10-12H,5H2,1-4H3;2*5-6,9-11H,4H2,1-3H3,(H2,15,17,18);2,6-9,18-19H,3H2,1H3,(H2,13,15,16);2,6-9,17-18H,3H2,1H3,(H,14,15,19);2,4,7-10,17-18H,3H2,1H3;4*1H4/t7-,9-,11-,14+;7-,10-,11-,12+;2*6-,9-,10-,11+;2*6-,7-,8-,9+;7-,8-,9-,10+;;;;/m1111111..../s1. The van der Waals surface area contributed by atoms with E-state index in [9.17, 15) is 56.0 Å². The number of halogens is 7. The number of ether oxygens (including phenoxy) is 7. The summed E-state index contributed by atoms with van der Waals surface area (Å²) in [6, 6.07) is 0. The van der Waals surface area contributed by atoms with Gasteiger partial charge < -0.3 is 91.1 Å². The van der Waals surface area contributed by atoms with Gasteiger partial charge in [-0.1, -0.05) is 85.1 Å². The fourth-order valence-electron chi connectivity index (χ4n) is 18.3. The van der Waals surface area contributed by atoms with Gasteiger partial charge in [0.05, 0.1) is 127 Å². The molecule has 0 radical (unpaired) electrons. The predicted molar refractivity (Wildman–Crippen MR) is 521 cm³/mol. The number of aliphatic hydroxyl groups excluding tert-OH is 6. The SMILES string of the molecule is C.C.C.C.CC[C@H]1O[C@@H](c2cnc3c(N)nc(C)nn23)[C@H](F)[C@@H]1C.CC[C@H]1O[C@@H](c2cnc3c(N)nc(C)nn23)[C@H](F)[C@@H]1C.CC[C@H]1O[C@@H](c2cnc3c(SC)nc(C)nn23)[C@H](F)[C@@H]1C.CC[C@H]1O[C@@](O)(c2cnc3c(SC)nc(C)nn23)[C@H](F)[C@@H]1C.Cc1nc(N)c2ncc([C@@H]3O[C@H](CO)[C@@H](O)[C@H]3F)n2n1.Cc1ncnn2c([C@@H]3O[C@H](CO)[C@@H](O)[C@H]3F)cnc12.Cc1nn2c([C@@H]3O[C@H](CO)[C@@H](O)[C@H]3F)cnc2c(=O)[nH]1. The summed E-state index contributed by atoms with van der Waals surface area (Å²) in [5.41, 5.74) is 23.4. The van der Waals surface area contributed by atoms with Crippen molar-refractivity contribution in [1.82, 2.24) is 137 Å². The number of rotatable bonds is 16. The molecule has 14 aromatic rings. The number of nitrogens with one attached hydrogen (secondary N) is 1. The van der Waals surface area contributed by atoms with Crippen molar-refractivity contribution in [2.24, 2.45) is 23.7 Å². The first kappa shape index (κ1) is 115. The van der Waals surface area contributed by atoms with Crippen molar-refractivity contribution >= 4 is 80.5 Å². The molecule has 146 heavy (non-hydrogen) atoms. The molecule has 0 aromatic carbocycles. The van der Waals surface area contributed by atoms with Gasteiger partial charge in [-0.05, 0) is 86.7 Å². The van der Waals surface area contributed by atoms with E-state index in [4.69, 9.17) is 65.7 Å². The molecule has 14 aromatic heterocycles. The first-order valence-electron chi connectivity index (χ1n) is 46.0. The Bertz CT molecular complexity index is 6590. The Hall–Kier alpha value is -11.3. The Morgan fingerprint density at radius 3 is 0.993 bits per heavy atom. The zero-order chi connectivity index (χ0) is 103. The number of nitrogens with zero attached hydrogens (tertiary/aromatic N) is 27. The van der Waals surface area contributed by atoms with Crippen LogP contribution in [0.4, 0.5) is 48.2 Å². The first-order chi connectivity index (χ1) is 67.7. The van der Waals surface area contributed by atoms with Gasteiger partial charge in [0.2, 0.25) is 11.4 Å². The molecule has 21 rings (SSSR count). The molecule has 0 bridgehead atoms. The normalized spacial score (nSPS) is 29.7. The molecule has 0 aliphatic carbocycles. The number of alkyl halides is 7. The van der Waals surface area contributed by atoms with Crippen molar-refractivity contribution in [3.8, 4) is 0 Å². The molecular weight excluding hydrogens is 1960 g/mol. The van der Waals surface area contributed by atoms with Gasteiger partial charge >= 0.3 is 0 Å². The van der Waals surface area contributed by atoms with Crippen LogP contribution < -0.4 is 22.8 Å². The van der Waals surface area contributed by atoms with Gasteiger partial charge in [0.1, 0.15) is 149 Å². The summed E-state index contributed by atoms with van der Waals surface area (Å²) in [5, 5.41) is 97.7. The first-order valence-corrected chi connectivity index (χ1v) is 48.4. The number of nitrogens with two attached hydrogens (primary N) is 3. The highest BCUT2D eigenvalue weighted by atomic mass is 32.2. The van der Waals surface area contributed by atoms with Crippen LogP contribution in [0.2, 0.25) is 0 Å². The minimum atomic E-state index is -2.03. The number of imidazole rings is 7. The topological polar surface area (TPSA) is 606 Å². The molecule has 21 heterocycles. The number of aryl methyl sites for hydroxylation is 7. The Balaban J connectivity index is 0.000000161. The van der Waals surface area contributed by atoms with E-state index in [0.29, 0.717) is 114 Å². The van der Waals surface area contributed by atoms with E-state index in [2.05, 4.69) is 105 Å². The summed E-state index contributed by atoms with van der Waals surface area (Å²) >= 11 is 2.93. The fraction of sp³-hybridized carbons (Fsp3) is 0.615. The lowest BCUT2D eigenvalue weighted by Crippen LogP contribution is -2.37. The monoisotopic (exact) mass is 2090 g/mol. The van der Waals surface area contributed by atoms with Gasteiger partial charge in [-0.15, -0.1) is 23.5 Å². The van der Waals surface area contributed by atoms with E-state index in [1.165, 1.54) is 72.7 Å². The number of fused-ring (bicyclic) bond motifs is 7. The van der Waals surface area contributed by atoms with Crippen LogP contribution in [0.5, 0.6) is 0 Å². The number of aliphatic hydroxyl groups is 7. The summed E-state index contributed by atoms with van der Waals surface area (Å²) < 4.78 is 150. The number of aromatic amines is 1. The van der Waals surface area contributed by atoms with Crippen molar-refractivity contribution in [3.05, 3.63) is 141 Å². The highest BCUT2D eigenvalue weighted by Gasteiger charge is 2.57. The molecule has 800 valence electrons. The van der Waals surface area contributed by atoms with Crippen molar-refractivity contribution in [2.75, 3.05) is 49.5 Å². The Labute approximate surface area is 842 Å². The lowest BCUT2D eigenvalue weighted by molar-refractivity contribution is -0.227. The van der Waals surface area contributed by atoms with Gasteiger partial charge in [-0.25, -0.2) is 127 Å². The van der Waals surface area contributed by atoms with Crippen molar-refractivity contribution in [1.29, 1.82) is 0 Å². The van der Waals surface area contributed by atoms with E-state index in [0.717, 1.165) is 24.3 Å². The average molecular weight is 2100 g/mol. The minimum absolute atomic E-state index is 0. The second-order valence-corrected chi connectivity index (χ2v) is 36.9. The number of hydrogen-bond acceptors (Lipinski definition) is 40. The van der Waals surface area contributed by atoms with Crippen LogP contribution >= 0.6 is 23.5 Å². The van der Waals surface area contributed by atoms with Crippen LogP contribution in [0.25, 0.3) is 39.5 Å². The Morgan fingerprint density at radius 1 is 0.377 bits per heavy atom. The van der Waals surface area contributed by atoms with Crippen LogP contribution in [-0.2, 0) is 38.9 Å². The Morgan fingerprint density at radius 2 is 0.664 bits per heavy atom. The molecule has 46 nitrogen and oxygen atoms in total. The van der Waals surface area contributed by atoms with Gasteiger partial charge in [0.15, 0.2) is 76.0 Å². The third-order valence-electron chi connectivity index (χ3n) is 25.9. The van der Waals surface area contributed by atoms with Gasteiger partial charge in [0, 0.05) is 23.7 Å². The molecular formula is C91H130F7N31O15S2. The third kappa shape index (κ3) is 21.8. The molecule has 0 unspecified atom stereocenters. The largest absolute Gasteiger partial charge is 0.394 e. The maximum atomic E-state index is 14.7. The third-order valence-corrected chi connectivity index (χ3v) is 27.3. The van der Waals surface area contributed by atoms with E-state index >= 15 is 0 Å². The quantitative estimate of drug-likeness (QED) is 0.0317. The molecule has 7 saturated heterocycles. The maximum Gasteiger partial charge on any atom is 0.294 e. The predicted octanol–water partition coefficient (Wildman–Crippen LogP) is 8.85. The number of anilines is 3. The minimum Gasteiger partial charge on any atom is -0.394 e. The summed E-state index contributed by atoms with van der Waals surface area (Å²) in [6.07, 6.45) is -4.06. The molecule has 7 aliphatic rings. The van der Waals surface area contributed by atoms with Crippen LogP contribution in [0, 0.1) is 72.1 Å². The highest BCUT2D eigenvalue weighted by molar-refractivity contribution is 7.99. The zero-order valence-corrected chi connectivity index (χ0v) is 82.0. The fourth-order valence-corrected chi connectivity index (χ4v) is 19.4. The summed E-state index contributed by atoms with van der Waals surface area (Å²) in [5.74, 6) is 0.861. The van der Waals surface area contributed by atoms with E-state index < -0.39 is 154 Å². The summed E-state index contributed by atoms with van der Waals surface area (Å²) in [7, 11) is 0. The molecule has 55 heteroatoms. The zero-order valence-electron chi connectivity index (χ0n) is 80.3. The number of nitrogen functional groups attached to an aromatic ring is 3. The van der Waals surface area contributed by atoms with Crippen LogP contribution in [0.3, 0.4) is 0 Å². The molecule has 14 N–H and O–H groups in total. The van der Waals surface area contributed by atoms with Crippen molar-refractivity contribution in [2.45, 2.75) is 316 Å². The number of H-pyrrole nitrogens is 1. The summed E-state index contributed by atoms with van der Waals surface area (Å²) in [4.78, 5) is 67.9. The average Bonchev–Trinajstić information content (AvgIpc) is 1.58. The molecule has 0 amide bonds. The van der Waals surface area contributed by atoms with Crippen LogP contribution in [0.15, 0.2) is 64.6 Å². The van der Waals surface area contributed by atoms with Crippen LogP contribution in [-0.4, -0.2) is 309 Å². The van der Waals surface area contributed by atoms with E-state index in [1.807, 2.05) is 67.9 Å². The second kappa shape index (κ2) is 47.5.